The van der Waals surface area contributed by atoms with Gasteiger partial charge in [-0.3, -0.25) is 15.0 Å². The van der Waals surface area contributed by atoms with Crippen LogP contribution in [0.2, 0.25) is 0 Å². The minimum Gasteiger partial charge on any atom is -0.481 e. The Morgan fingerprint density at radius 3 is 1.82 bits per heavy atom. The molecule has 0 fully saturated rings. The first-order valence-corrected chi connectivity index (χ1v) is 4.13. The summed E-state index contributed by atoms with van der Waals surface area (Å²) in [7, 11) is 0. The van der Waals surface area contributed by atoms with Gasteiger partial charge in [-0.25, -0.2) is 0 Å². The van der Waals surface area contributed by atoms with Gasteiger partial charge in [0, 0.05) is 6.92 Å². The van der Waals surface area contributed by atoms with Gasteiger partial charge in [0.1, 0.15) is 0 Å². The fraction of sp³-hybridized carbons (Fsp3) is 0.250. The van der Waals surface area contributed by atoms with Gasteiger partial charge in [0.05, 0.1) is 0 Å². The summed E-state index contributed by atoms with van der Waals surface area (Å²) in [6.07, 6.45) is 0. The van der Waals surface area contributed by atoms with Crippen molar-refractivity contribution < 1.29 is 9.90 Å². The monoisotopic (exact) mass is 210 g/mol. The van der Waals surface area contributed by atoms with E-state index in [1.165, 1.54) is 11.3 Å². The lowest BCUT2D eigenvalue weighted by atomic mass is 10.9. The van der Waals surface area contributed by atoms with Crippen LogP contribution in [-0.2, 0) is 4.79 Å². The van der Waals surface area contributed by atoms with Crippen molar-refractivity contribution in [2.75, 3.05) is 0 Å². The maximum atomic E-state index is 9.00. The van der Waals surface area contributed by atoms with Gasteiger partial charge in [0.2, 0.25) is 0 Å². The second-order valence-corrected chi connectivity index (χ2v) is 3.80. The molecule has 0 aliphatic carbocycles. The zero-order valence-electron chi connectivity index (χ0n) is 5.58. The summed E-state index contributed by atoms with van der Waals surface area (Å²) in [5.74, 6) is -0.833. The number of rotatable bonds is 0. The lowest BCUT2D eigenvalue weighted by molar-refractivity contribution is -0.134. The van der Waals surface area contributed by atoms with Gasteiger partial charge in [-0.05, 0) is 24.4 Å². The summed E-state index contributed by atoms with van der Waals surface area (Å²) in [6, 6.07) is 0. The number of aromatic nitrogens is 2. The highest BCUT2D eigenvalue weighted by molar-refractivity contribution is 7.75. The van der Waals surface area contributed by atoms with Crippen LogP contribution in [0.5, 0.6) is 0 Å². The van der Waals surface area contributed by atoms with Gasteiger partial charge < -0.3 is 5.11 Å². The number of carboxylic acids is 1. The van der Waals surface area contributed by atoms with E-state index in [2.05, 4.69) is 10.2 Å². The molecule has 0 bridgehead atoms. The van der Waals surface area contributed by atoms with Crippen LogP contribution in [0.25, 0.3) is 0 Å². The molecule has 0 unspecified atom stereocenters. The number of carbonyl (C=O) groups is 1. The van der Waals surface area contributed by atoms with Gasteiger partial charge in [0.25, 0.3) is 5.97 Å². The van der Waals surface area contributed by atoms with Gasteiger partial charge in [-0.15, -0.1) is 0 Å². The molecular weight excluding hydrogens is 204 g/mol. The summed E-state index contributed by atoms with van der Waals surface area (Å²) in [5, 5.41) is 12.8. The predicted octanol–water partition coefficient (Wildman–Crippen LogP) is 1.95. The van der Waals surface area contributed by atoms with Crippen LogP contribution < -0.4 is 0 Å². The fourth-order valence-corrected chi connectivity index (χ4v) is 1.37. The highest BCUT2D eigenvalue weighted by atomic mass is 32.2. The number of hydrogen-bond acceptors (Lipinski definition) is 4. The molecule has 0 atom stereocenters. The van der Waals surface area contributed by atoms with Crippen LogP contribution in [0.4, 0.5) is 0 Å². The third-order valence-corrected chi connectivity index (χ3v) is 1.73. The third kappa shape index (κ3) is 7.37. The maximum absolute atomic E-state index is 9.00. The normalized spacial score (nSPS) is 8.09. The van der Waals surface area contributed by atoms with Crippen LogP contribution in [0.1, 0.15) is 6.92 Å². The van der Waals surface area contributed by atoms with Crippen LogP contribution in [0, 0.1) is 7.91 Å². The summed E-state index contributed by atoms with van der Waals surface area (Å²) >= 11 is 10.8. The van der Waals surface area contributed by atoms with E-state index in [1.54, 1.807) is 0 Å². The van der Waals surface area contributed by atoms with E-state index in [9.17, 15) is 0 Å². The zero-order chi connectivity index (χ0) is 8.85. The second-order valence-electron chi connectivity index (χ2n) is 1.45. The lowest BCUT2D eigenvalue weighted by Gasteiger charge is -1.59. The summed E-state index contributed by atoms with van der Waals surface area (Å²) < 4.78 is 1.40. The first kappa shape index (κ1) is 10.5. The number of hydrogen-bond donors (Lipinski definition) is 3. The van der Waals surface area contributed by atoms with E-state index in [0.717, 1.165) is 6.92 Å². The Labute approximate surface area is 76.9 Å². The molecule has 0 aromatic carbocycles. The molecule has 3 N–H and O–H groups in total. The number of aliphatic carboxylic acids is 1. The van der Waals surface area contributed by atoms with Crippen molar-refractivity contribution in [2.45, 2.75) is 6.92 Å². The standard InChI is InChI=1S/C2H2N2S3.C2H4O2/c5-1-3-4-2(6)7-1;1-2(3)4/h(H,3,5)(H,4,6);1H3,(H,3,4). The van der Waals surface area contributed by atoms with Crippen molar-refractivity contribution in [2.24, 2.45) is 0 Å². The quantitative estimate of drug-likeness (QED) is 0.572. The molecule has 0 aliphatic rings. The van der Waals surface area contributed by atoms with Crippen LogP contribution >= 0.6 is 35.8 Å². The Morgan fingerprint density at radius 1 is 1.45 bits per heavy atom. The SMILES string of the molecule is CC(=O)O.S=c1[nH][nH]c(=S)s1. The fourth-order valence-electron chi connectivity index (χ4n) is 0.237. The minimum absolute atomic E-state index is 0.699. The Kier molecular flexibility index (Phi) is 4.92. The van der Waals surface area contributed by atoms with E-state index in [1.807, 2.05) is 0 Å². The van der Waals surface area contributed by atoms with Crippen LogP contribution in [0.15, 0.2) is 0 Å². The summed E-state index contributed by atoms with van der Waals surface area (Å²) in [5.41, 5.74) is 0. The number of nitrogens with one attached hydrogen (secondary N) is 2. The van der Waals surface area contributed by atoms with E-state index >= 15 is 0 Å². The van der Waals surface area contributed by atoms with E-state index in [0.29, 0.717) is 7.91 Å². The average Bonchev–Trinajstić information content (AvgIpc) is 2.13. The minimum atomic E-state index is -0.833. The highest BCUT2D eigenvalue weighted by Crippen LogP contribution is 1.94. The van der Waals surface area contributed by atoms with Crippen molar-refractivity contribution in [3.8, 4) is 0 Å². The molecule has 0 saturated carbocycles. The largest absolute Gasteiger partial charge is 0.481 e. The predicted molar refractivity (Wildman–Crippen MR) is 48.0 cm³/mol. The average molecular weight is 210 g/mol. The number of aromatic amines is 2. The highest BCUT2D eigenvalue weighted by Gasteiger charge is 1.75. The molecule has 1 aromatic rings. The van der Waals surface area contributed by atoms with Crippen molar-refractivity contribution in [3.63, 3.8) is 0 Å². The molecule has 0 saturated heterocycles. The Balaban J connectivity index is 0.000000218. The zero-order valence-corrected chi connectivity index (χ0v) is 8.03. The van der Waals surface area contributed by atoms with Crippen molar-refractivity contribution in [1.82, 2.24) is 10.2 Å². The van der Waals surface area contributed by atoms with Gasteiger partial charge >= 0.3 is 0 Å². The summed E-state index contributed by atoms with van der Waals surface area (Å²) in [6.45, 7) is 1.08. The molecule has 62 valence electrons. The molecule has 7 heteroatoms. The molecule has 11 heavy (non-hydrogen) atoms. The smallest absolute Gasteiger partial charge is 0.300 e. The molecule has 0 radical (unpaired) electrons. The Bertz CT molecular complexity index is 294. The van der Waals surface area contributed by atoms with Gasteiger partial charge in [0.15, 0.2) is 7.91 Å². The second kappa shape index (κ2) is 5.16. The lowest BCUT2D eigenvalue weighted by Crippen LogP contribution is -1.78. The molecular formula is C4H6N2O2S3. The Morgan fingerprint density at radius 2 is 1.73 bits per heavy atom. The van der Waals surface area contributed by atoms with Crippen LogP contribution in [0.3, 0.4) is 0 Å². The van der Waals surface area contributed by atoms with Crippen molar-refractivity contribution in [1.29, 1.82) is 0 Å². The molecule has 0 aliphatic heterocycles. The van der Waals surface area contributed by atoms with E-state index in [-0.39, 0.29) is 0 Å². The van der Waals surface area contributed by atoms with Gasteiger partial charge in [-0.1, -0.05) is 11.3 Å². The maximum Gasteiger partial charge on any atom is 0.300 e. The topological polar surface area (TPSA) is 68.9 Å². The van der Waals surface area contributed by atoms with E-state index in [4.69, 9.17) is 34.3 Å². The molecule has 4 nitrogen and oxygen atoms in total. The molecule has 0 spiro atoms. The molecule has 1 heterocycles. The van der Waals surface area contributed by atoms with Crippen molar-refractivity contribution in [3.05, 3.63) is 7.91 Å². The number of H-pyrrole nitrogens is 2. The van der Waals surface area contributed by atoms with E-state index < -0.39 is 5.97 Å². The third-order valence-electron chi connectivity index (χ3n) is 0.452. The van der Waals surface area contributed by atoms with Gasteiger partial charge in [-0.2, -0.15) is 0 Å². The molecule has 1 rings (SSSR count). The summed E-state index contributed by atoms with van der Waals surface area (Å²) in [4.78, 5) is 9.00. The first-order chi connectivity index (χ1) is 5.02. The van der Waals surface area contributed by atoms with Crippen molar-refractivity contribution >= 4 is 41.7 Å². The Hall–Kier alpha value is -0.530. The molecule has 1 aromatic heterocycles. The number of carboxylic acid groups (broad SMARTS) is 1. The molecule has 0 amide bonds. The first-order valence-electron chi connectivity index (χ1n) is 2.49. The van der Waals surface area contributed by atoms with Crippen LogP contribution in [-0.4, -0.2) is 21.3 Å².